The number of rotatable bonds is 5. The molecule has 0 aliphatic carbocycles. The summed E-state index contributed by atoms with van der Waals surface area (Å²) in [6.45, 7) is 0.857. The maximum Gasteiger partial charge on any atom is 0.254 e. The first-order valence-corrected chi connectivity index (χ1v) is 5.94. The molecule has 0 aromatic heterocycles. The number of aliphatic hydroxyl groups excluding tert-OH is 2. The van der Waals surface area contributed by atoms with Crippen molar-refractivity contribution >= 4 is 17.3 Å². The van der Waals surface area contributed by atoms with Gasteiger partial charge in [0.1, 0.15) is 0 Å². The number of hydrogen-bond acceptors (Lipinski definition) is 5. The van der Waals surface area contributed by atoms with E-state index in [1.165, 1.54) is 0 Å². The molecular formula is C13H21N3O3. The minimum atomic E-state index is -1.06. The molecule has 0 spiro atoms. The van der Waals surface area contributed by atoms with E-state index >= 15 is 0 Å². The van der Waals surface area contributed by atoms with E-state index in [1.54, 1.807) is 30.0 Å². The Balaban J connectivity index is 3.08. The van der Waals surface area contributed by atoms with Crippen LogP contribution >= 0.6 is 0 Å². The lowest BCUT2D eigenvalue weighted by molar-refractivity contribution is 0.0724. The van der Waals surface area contributed by atoms with Gasteiger partial charge in [0.2, 0.25) is 0 Å². The van der Waals surface area contributed by atoms with Crippen LogP contribution in [0.25, 0.3) is 0 Å². The van der Waals surface area contributed by atoms with Crippen LogP contribution in [-0.2, 0) is 0 Å². The molecule has 0 bridgehead atoms. The Labute approximate surface area is 112 Å². The first-order valence-electron chi connectivity index (χ1n) is 5.94. The Hall–Kier alpha value is -1.79. The van der Waals surface area contributed by atoms with Gasteiger partial charge >= 0.3 is 0 Å². The SMILES string of the molecule is CN(C)c1ccc(N)cc1C(=O)NC(C)(CO)CO. The second-order valence-electron chi connectivity index (χ2n) is 5.00. The van der Waals surface area contributed by atoms with E-state index in [0.717, 1.165) is 0 Å². The third-order valence-electron chi connectivity index (χ3n) is 2.86. The highest BCUT2D eigenvalue weighted by Crippen LogP contribution is 2.22. The van der Waals surface area contributed by atoms with Crippen LogP contribution in [0.4, 0.5) is 11.4 Å². The fraction of sp³-hybridized carbons (Fsp3) is 0.462. The van der Waals surface area contributed by atoms with E-state index in [0.29, 0.717) is 16.9 Å². The van der Waals surface area contributed by atoms with Crippen LogP contribution in [0.1, 0.15) is 17.3 Å². The molecule has 0 heterocycles. The number of amides is 1. The fourth-order valence-electron chi connectivity index (χ4n) is 1.60. The van der Waals surface area contributed by atoms with E-state index in [2.05, 4.69) is 5.32 Å². The first kappa shape index (κ1) is 15.3. The van der Waals surface area contributed by atoms with Crippen molar-refractivity contribution in [1.82, 2.24) is 5.32 Å². The summed E-state index contributed by atoms with van der Waals surface area (Å²) in [5, 5.41) is 21.0. The number of nitrogens with one attached hydrogen (secondary N) is 1. The van der Waals surface area contributed by atoms with Crippen molar-refractivity contribution in [1.29, 1.82) is 0 Å². The Bertz CT molecular complexity index is 456. The molecule has 6 heteroatoms. The summed E-state index contributed by atoms with van der Waals surface area (Å²) in [6.07, 6.45) is 0. The standard InChI is InChI=1S/C13H21N3O3/c1-13(7-17,8-18)15-12(19)10-6-9(14)4-5-11(10)16(2)3/h4-6,17-18H,7-8,14H2,1-3H3,(H,15,19). The quantitative estimate of drug-likeness (QED) is 0.554. The molecule has 1 aromatic rings. The fourth-order valence-corrected chi connectivity index (χ4v) is 1.60. The number of benzene rings is 1. The van der Waals surface area contributed by atoms with Crippen molar-refractivity contribution in [3.05, 3.63) is 23.8 Å². The maximum absolute atomic E-state index is 12.2. The summed E-state index contributed by atoms with van der Waals surface area (Å²) < 4.78 is 0. The monoisotopic (exact) mass is 267 g/mol. The molecular weight excluding hydrogens is 246 g/mol. The van der Waals surface area contributed by atoms with Gasteiger partial charge in [0, 0.05) is 25.5 Å². The average molecular weight is 267 g/mol. The number of anilines is 2. The number of nitrogens with zero attached hydrogens (tertiary/aromatic N) is 1. The summed E-state index contributed by atoms with van der Waals surface area (Å²) >= 11 is 0. The van der Waals surface area contributed by atoms with Crippen molar-refractivity contribution in [2.24, 2.45) is 0 Å². The molecule has 6 nitrogen and oxygen atoms in total. The van der Waals surface area contributed by atoms with Gasteiger partial charge in [-0.15, -0.1) is 0 Å². The third-order valence-corrected chi connectivity index (χ3v) is 2.86. The predicted molar refractivity (Wildman–Crippen MR) is 75.2 cm³/mol. The number of hydrogen-bond donors (Lipinski definition) is 4. The number of aliphatic hydroxyl groups is 2. The molecule has 0 saturated carbocycles. The van der Waals surface area contributed by atoms with E-state index < -0.39 is 5.54 Å². The summed E-state index contributed by atoms with van der Waals surface area (Å²) in [5.41, 5.74) is 6.22. The summed E-state index contributed by atoms with van der Waals surface area (Å²) in [7, 11) is 3.64. The van der Waals surface area contributed by atoms with Crippen LogP contribution < -0.4 is 16.0 Å². The molecule has 0 aliphatic rings. The lowest BCUT2D eigenvalue weighted by Crippen LogP contribution is -2.51. The highest BCUT2D eigenvalue weighted by molar-refractivity contribution is 6.01. The Morgan fingerprint density at radius 1 is 1.37 bits per heavy atom. The Morgan fingerprint density at radius 3 is 2.42 bits per heavy atom. The highest BCUT2D eigenvalue weighted by atomic mass is 16.3. The molecule has 5 N–H and O–H groups in total. The van der Waals surface area contributed by atoms with Gasteiger partial charge in [0.25, 0.3) is 5.91 Å². The molecule has 0 atom stereocenters. The highest BCUT2D eigenvalue weighted by Gasteiger charge is 2.26. The van der Waals surface area contributed by atoms with Gasteiger partial charge in [-0.1, -0.05) is 0 Å². The first-order chi connectivity index (χ1) is 8.83. The molecule has 106 valence electrons. The molecule has 1 amide bonds. The molecule has 0 unspecified atom stereocenters. The molecule has 0 fully saturated rings. The zero-order valence-electron chi connectivity index (χ0n) is 11.5. The molecule has 1 rings (SSSR count). The molecule has 1 aromatic carbocycles. The largest absolute Gasteiger partial charge is 0.399 e. The van der Waals surface area contributed by atoms with Crippen molar-refractivity contribution in [3.63, 3.8) is 0 Å². The number of nitrogen functional groups attached to an aromatic ring is 1. The lowest BCUT2D eigenvalue weighted by atomic mass is 10.0. The summed E-state index contributed by atoms with van der Waals surface area (Å²) in [4.78, 5) is 14.0. The number of carbonyl (C=O) groups is 1. The third kappa shape index (κ3) is 3.59. The lowest BCUT2D eigenvalue weighted by Gasteiger charge is -2.27. The van der Waals surface area contributed by atoms with Crippen LogP contribution in [0.15, 0.2) is 18.2 Å². The predicted octanol–water partition coefficient (Wildman–Crippen LogP) is -0.192. The Morgan fingerprint density at radius 2 is 1.95 bits per heavy atom. The van der Waals surface area contributed by atoms with Crippen LogP contribution in [0.3, 0.4) is 0 Å². The van der Waals surface area contributed by atoms with Crippen LogP contribution in [-0.4, -0.2) is 49.0 Å². The number of carbonyl (C=O) groups excluding carboxylic acids is 1. The molecule has 19 heavy (non-hydrogen) atoms. The van der Waals surface area contributed by atoms with Gasteiger partial charge < -0.3 is 26.2 Å². The van der Waals surface area contributed by atoms with Crippen molar-refractivity contribution in [2.45, 2.75) is 12.5 Å². The second kappa shape index (κ2) is 5.90. The second-order valence-corrected chi connectivity index (χ2v) is 5.00. The zero-order chi connectivity index (χ0) is 14.6. The van der Waals surface area contributed by atoms with Crippen LogP contribution in [0.5, 0.6) is 0 Å². The van der Waals surface area contributed by atoms with Crippen molar-refractivity contribution < 1.29 is 15.0 Å². The van der Waals surface area contributed by atoms with Crippen LogP contribution in [0, 0.1) is 0 Å². The van der Waals surface area contributed by atoms with E-state index in [1.807, 2.05) is 14.1 Å². The minimum absolute atomic E-state index is 0.352. The Kier molecular flexibility index (Phi) is 4.74. The smallest absolute Gasteiger partial charge is 0.254 e. The molecule has 0 radical (unpaired) electrons. The van der Waals surface area contributed by atoms with Gasteiger partial charge in [-0.3, -0.25) is 4.79 Å². The van der Waals surface area contributed by atoms with Crippen LogP contribution in [0.2, 0.25) is 0 Å². The van der Waals surface area contributed by atoms with E-state index in [4.69, 9.17) is 5.73 Å². The van der Waals surface area contributed by atoms with Gasteiger partial charge in [-0.25, -0.2) is 0 Å². The van der Waals surface area contributed by atoms with Gasteiger partial charge in [-0.05, 0) is 25.1 Å². The number of nitrogens with two attached hydrogens (primary N) is 1. The summed E-state index contributed by atoms with van der Waals surface area (Å²) in [6, 6.07) is 5.03. The van der Waals surface area contributed by atoms with Crippen molar-refractivity contribution in [2.75, 3.05) is 37.9 Å². The molecule has 0 saturated heterocycles. The van der Waals surface area contributed by atoms with Gasteiger partial charge in [-0.2, -0.15) is 0 Å². The normalized spacial score (nSPS) is 11.2. The van der Waals surface area contributed by atoms with Gasteiger partial charge in [0.05, 0.1) is 24.3 Å². The maximum atomic E-state index is 12.2. The average Bonchev–Trinajstić information content (AvgIpc) is 2.38. The minimum Gasteiger partial charge on any atom is -0.399 e. The van der Waals surface area contributed by atoms with Crippen molar-refractivity contribution in [3.8, 4) is 0 Å². The topological polar surface area (TPSA) is 98.8 Å². The van der Waals surface area contributed by atoms with Gasteiger partial charge in [0.15, 0.2) is 0 Å². The van der Waals surface area contributed by atoms with E-state index in [9.17, 15) is 15.0 Å². The summed E-state index contributed by atoms with van der Waals surface area (Å²) in [5.74, 6) is -0.387. The molecule has 0 aliphatic heterocycles. The van der Waals surface area contributed by atoms with E-state index in [-0.39, 0.29) is 19.1 Å². The zero-order valence-corrected chi connectivity index (χ0v) is 11.5.